The summed E-state index contributed by atoms with van der Waals surface area (Å²) in [4.78, 5) is 11.3. The highest BCUT2D eigenvalue weighted by Gasteiger charge is 2.30. The lowest BCUT2D eigenvalue weighted by Gasteiger charge is -2.23. The zero-order chi connectivity index (χ0) is 13.3. The van der Waals surface area contributed by atoms with Crippen LogP contribution in [-0.4, -0.2) is 17.7 Å². The fourth-order valence-electron chi connectivity index (χ4n) is 2.84. The van der Waals surface area contributed by atoms with Crippen molar-refractivity contribution < 1.29 is 14.6 Å². The Kier molecular flexibility index (Phi) is 3.60. The van der Waals surface area contributed by atoms with Crippen molar-refractivity contribution in [3.63, 3.8) is 0 Å². The second-order valence-electron chi connectivity index (χ2n) is 5.22. The van der Waals surface area contributed by atoms with Crippen molar-refractivity contribution >= 4 is 5.97 Å². The van der Waals surface area contributed by atoms with Crippen molar-refractivity contribution in [3.05, 3.63) is 28.8 Å². The average Bonchev–Trinajstić information content (AvgIpc) is 2.49. The van der Waals surface area contributed by atoms with Crippen LogP contribution >= 0.6 is 0 Å². The molecule has 0 radical (unpaired) electrons. The van der Waals surface area contributed by atoms with Crippen molar-refractivity contribution in [2.45, 2.75) is 39.5 Å². The number of aliphatic carboxylic acids is 1. The zero-order valence-corrected chi connectivity index (χ0v) is 11.2. The van der Waals surface area contributed by atoms with Gasteiger partial charge in [-0.05, 0) is 43.9 Å². The fraction of sp³-hybridized carbons (Fsp3) is 0.533. The Morgan fingerprint density at radius 3 is 2.83 bits per heavy atom. The fourth-order valence-corrected chi connectivity index (χ4v) is 2.84. The number of carboxylic acid groups (broad SMARTS) is 1. The number of fused-ring (bicyclic) bond motifs is 1. The van der Waals surface area contributed by atoms with Crippen molar-refractivity contribution in [2.24, 2.45) is 5.92 Å². The Morgan fingerprint density at radius 1 is 1.44 bits per heavy atom. The summed E-state index contributed by atoms with van der Waals surface area (Å²) in [5.41, 5.74) is 3.40. The zero-order valence-electron chi connectivity index (χ0n) is 11.2. The molecule has 1 N–H and O–H groups in total. The summed E-state index contributed by atoms with van der Waals surface area (Å²) in [5.74, 6) is -0.164. The third kappa shape index (κ3) is 2.35. The van der Waals surface area contributed by atoms with E-state index < -0.39 is 5.97 Å². The first-order chi connectivity index (χ1) is 8.50. The van der Waals surface area contributed by atoms with Gasteiger partial charge in [0.05, 0.1) is 12.5 Å². The Morgan fingerprint density at radius 2 is 2.17 bits per heavy atom. The van der Waals surface area contributed by atoms with Crippen LogP contribution in [0, 0.1) is 19.8 Å². The minimum atomic E-state index is -0.729. The molecule has 3 heteroatoms. The largest absolute Gasteiger partial charge is 0.493 e. The van der Waals surface area contributed by atoms with Gasteiger partial charge in [0.2, 0.25) is 0 Å². The second-order valence-corrected chi connectivity index (χ2v) is 5.22. The molecule has 1 aromatic rings. The number of carboxylic acids is 1. The maximum atomic E-state index is 11.3. The topological polar surface area (TPSA) is 46.5 Å². The van der Waals surface area contributed by atoms with Gasteiger partial charge in [0.1, 0.15) is 5.75 Å². The highest BCUT2D eigenvalue weighted by Crippen LogP contribution is 2.40. The van der Waals surface area contributed by atoms with E-state index in [0.29, 0.717) is 6.61 Å². The average molecular weight is 248 g/mol. The van der Waals surface area contributed by atoms with Gasteiger partial charge in [-0.15, -0.1) is 0 Å². The minimum absolute atomic E-state index is 0.0561. The summed E-state index contributed by atoms with van der Waals surface area (Å²) >= 11 is 0. The molecule has 3 nitrogen and oxygen atoms in total. The molecule has 0 spiro atoms. The molecular formula is C15H20O3. The number of hydrogen-bond donors (Lipinski definition) is 1. The van der Waals surface area contributed by atoms with Crippen LogP contribution in [-0.2, 0) is 4.79 Å². The van der Waals surface area contributed by atoms with E-state index in [1.807, 2.05) is 19.9 Å². The van der Waals surface area contributed by atoms with Crippen molar-refractivity contribution in [1.29, 1.82) is 0 Å². The summed E-state index contributed by atoms with van der Waals surface area (Å²) in [6, 6.07) is 4.13. The van der Waals surface area contributed by atoms with Crippen LogP contribution in [0.1, 0.15) is 42.4 Å². The summed E-state index contributed by atoms with van der Waals surface area (Å²) in [5, 5.41) is 9.26. The normalized spacial score (nSPS) is 20.5. The Labute approximate surface area is 108 Å². The molecule has 2 unspecified atom stereocenters. The highest BCUT2D eigenvalue weighted by molar-refractivity contribution is 5.71. The quantitative estimate of drug-likeness (QED) is 0.873. The first-order valence-electron chi connectivity index (χ1n) is 6.47. The summed E-state index contributed by atoms with van der Waals surface area (Å²) < 4.78 is 5.78. The van der Waals surface area contributed by atoms with Crippen molar-refractivity contribution in [1.82, 2.24) is 0 Å². The molecule has 0 fully saturated rings. The Bertz CT molecular complexity index is 465. The maximum absolute atomic E-state index is 11.3. The van der Waals surface area contributed by atoms with Gasteiger partial charge < -0.3 is 9.84 Å². The molecule has 0 aliphatic carbocycles. The lowest BCUT2D eigenvalue weighted by atomic mass is 9.81. The number of hydrogen-bond acceptors (Lipinski definition) is 2. The molecule has 1 aliphatic heterocycles. The third-order valence-electron chi connectivity index (χ3n) is 3.77. The molecule has 0 saturated carbocycles. The second kappa shape index (κ2) is 5.01. The molecule has 1 heterocycles. The summed E-state index contributed by atoms with van der Waals surface area (Å²) in [6.07, 6.45) is 1.79. The molecule has 0 bridgehead atoms. The molecule has 2 atom stereocenters. The van der Waals surface area contributed by atoms with E-state index in [1.165, 1.54) is 0 Å². The van der Waals surface area contributed by atoms with E-state index >= 15 is 0 Å². The van der Waals surface area contributed by atoms with Crippen molar-refractivity contribution in [3.8, 4) is 5.75 Å². The molecule has 18 heavy (non-hydrogen) atoms. The lowest BCUT2D eigenvalue weighted by Crippen LogP contribution is -2.19. The number of carbonyl (C=O) groups is 1. The molecule has 0 saturated heterocycles. The van der Waals surface area contributed by atoms with E-state index in [4.69, 9.17) is 4.74 Å². The summed E-state index contributed by atoms with van der Waals surface area (Å²) in [7, 11) is 0. The minimum Gasteiger partial charge on any atom is -0.493 e. The van der Waals surface area contributed by atoms with Crippen LogP contribution in [0.25, 0.3) is 0 Å². The monoisotopic (exact) mass is 248 g/mol. The van der Waals surface area contributed by atoms with Gasteiger partial charge in [-0.25, -0.2) is 0 Å². The van der Waals surface area contributed by atoms with Gasteiger partial charge in [0.25, 0.3) is 0 Å². The van der Waals surface area contributed by atoms with Gasteiger partial charge >= 0.3 is 5.97 Å². The van der Waals surface area contributed by atoms with Gasteiger partial charge in [-0.1, -0.05) is 13.0 Å². The first-order valence-corrected chi connectivity index (χ1v) is 6.47. The van der Waals surface area contributed by atoms with Crippen LogP contribution in [0.2, 0.25) is 0 Å². The van der Waals surface area contributed by atoms with E-state index in [2.05, 4.69) is 6.07 Å². The predicted molar refractivity (Wildman–Crippen MR) is 70.2 cm³/mol. The van der Waals surface area contributed by atoms with Crippen LogP contribution in [0.15, 0.2) is 12.1 Å². The SMILES string of the molecule is Cc1cc(C)c2c(c1)OCCCC2C(C)C(=O)O. The molecule has 0 amide bonds. The molecule has 1 aliphatic rings. The van der Waals surface area contributed by atoms with Gasteiger partial charge in [0, 0.05) is 11.5 Å². The number of aryl methyl sites for hydroxylation is 2. The van der Waals surface area contributed by atoms with Crippen LogP contribution in [0.4, 0.5) is 0 Å². The van der Waals surface area contributed by atoms with Crippen LogP contribution < -0.4 is 4.74 Å². The smallest absolute Gasteiger partial charge is 0.306 e. The standard InChI is InChI=1S/C15H20O3/c1-9-7-10(2)14-12(11(3)15(16)17)5-4-6-18-13(14)8-9/h7-8,11-12H,4-6H2,1-3H3,(H,16,17). The first kappa shape index (κ1) is 12.9. The number of rotatable bonds is 2. The molecule has 2 rings (SSSR count). The molecule has 98 valence electrons. The predicted octanol–water partition coefficient (Wildman–Crippen LogP) is 3.28. The third-order valence-corrected chi connectivity index (χ3v) is 3.77. The number of benzene rings is 1. The summed E-state index contributed by atoms with van der Waals surface area (Å²) in [6.45, 7) is 6.55. The van der Waals surface area contributed by atoms with E-state index in [0.717, 1.165) is 35.3 Å². The van der Waals surface area contributed by atoms with Crippen LogP contribution in [0.3, 0.4) is 0 Å². The van der Waals surface area contributed by atoms with E-state index in [9.17, 15) is 9.90 Å². The van der Waals surface area contributed by atoms with E-state index in [-0.39, 0.29) is 11.8 Å². The highest BCUT2D eigenvalue weighted by atomic mass is 16.5. The van der Waals surface area contributed by atoms with Gasteiger partial charge in [-0.2, -0.15) is 0 Å². The van der Waals surface area contributed by atoms with E-state index in [1.54, 1.807) is 6.92 Å². The van der Waals surface area contributed by atoms with Crippen molar-refractivity contribution in [2.75, 3.05) is 6.61 Å². The number of ether oxygens (including phenoxy) is 1. The molecule has 0 aromatic heterocycles. The Hall–Kier alpha value is -1.51. The molecular weight excluding hydrogens is 228 g/mol. The van der Waals surface area contributed by atoms with Gasteiger partial charge in [-0.3, -0.25) is 4.79 Å². The lowest BCUT2D eigenvalue weighted by molar-refractivity contribution is -0.141. The van der Waals surface area contributed by atoms with Gasteiger partial charge in [0.15, 0.2) is 0 Å². The maximum Gasteiger partial charge on any atom is 0.306 e. The molecule has 1 aromatic carbocycles. The Balaban J connectivity index is 2.50. The van der Waals surface area contributed by atoms with Crippen LogP contribution in [0.5, 0.6) is 5.75 Å².